The molecule has 0 bridgehead atoms. The van der Waals surface area contributed by atoms with E-state index in [9.17, 15) is 4.79 Å². The van der Waals surface area contributed by atoms with Crippen LogP contribution < -0.4 is 10.1 Å². The number of hydrogen-bond donors (Lipinski definition) is 1. The lowest BCUT2D eigenvalue weighted by Gasteiger charge is -2.11. The van der Waals surface area contributed by atoms with Gasteiger partial charge in [0.25, 0.3) is 5.91 Å². The molecule has 0 saturated heterocycles. The number of rotatable bonds is 8. The van der Waals surface area contributed by atoms with Crippen LogP contribution >= 0.6 is 0 Å². The van der Waals surface area contributed by atoms with E-state index in [1.165, 1.54) is 0 Å². The van der Waals surface area contributed by atoms with E-state index < -0.39 is 0 Å². The third-order valence-corrected chi connectivity index (χ3v) is 3.43. The van der Waals surface area contributed by atoms with Crippen molar-refractivity contribution in [2.45, 2.75) is 32.8 Å². The molecule has 0 aromatic heterocycles. The minimum atomic E-state index is -0.0697. The molecule has 0 saturated carbocycles. The number of carbonyl (C=O) groups excluding carboxylic acids is 1. The van der Waals surface area contributed by atoms with E-state index in [2.05, 4.69) is 12.2 Å². The molecular weight excluding hydrogens is 274 g/mol. The SMILES string of the molecule is CCCCCNC(=O)c1ccccc1OCc1ccccc1. The Morgan fingerprint density at radius 3 is 2.50 bits per heavy atom. The minimum absolute atomic E-state index is 0.0697. The Bertz CT molecular complexity index is 581. The summed E-state index contributed by atoms with van der Waals surface area (Å²) < 4.78 is 5.81. The molecule has 22 heavy (non-hydrogen) atoms. The maximum Gasteiger partial charge on any atom is 0.255 e. The minimum Gasteiger partial charge on any atom is -0.488 e. The zero-order chi connectivity index (χ0) is 15.6. The maximum atomic E-state index is 12.2. The highest BCUT2D eigenvalue weighted by molar-refractivity contribution is 5.96. The molecule has 2 aromatic rings. The summed E-state index contributed by atoms with van der Waals surface area (Å²) in [6, 6.07) is 17.3. The monoisotopic (exact) mass is 297 g/mol. The molecule has 0 unspecified atom stereocenters. The van der Waals surface area contributed by atoms with Gasteiger partial charge >= 0.3 is 0 Å². The number of carbonyl (C=O) groups is 1. The molecule has 1 N–H and O–H groups in total. The van der Waals surface area contributed by atoms with Crippen molar-refractivity contribution >= 4 is 5.91 Å². The van der Waals surface area contributed by atoms with Gasteiger partial charge in [-0.15, -0.1) is 0 Å². The van der Waals surface area contributed by atoms with Crippen LogP contribution in [0.25, 0.3) is 0 Å². The Kier molecular flexibility index (Phi) is 6.49. The van der Waals surface area contributed by atoms with Crippen LogP contribution in [0.3, 0.4) is 0 Å². The number of hydrogen-bond acceptors (Lipinski definition) is 2. The average Bonchev–Trinajstić information content (AvgIpc) is 2.58. The number of para-hydroxylation sites is 1. The van der Waals surface area contributed by atoms with Crippen molar-refractivity contribution in [3.8, 4) is 5.75 Å². The van der Waals surface area contributed by atoms with Crippen LogP contribution in [-0.4, -0.2) is 12.5 Å². The Labute approximate surface area is 132 Å². The first-order valence-electron chi connectivity index (χ1n) is 7.85. The van der Waals surface area contributed by atoms with E-state index in [1.807, 2.05) is 48.5 Å². The second-order valence-corrected chi connectivity index (χ2v) is 5.23. The summed E-state index contributed by atoms with van der Waals surface area (Å²) in [6.45, 7) is 3.31. The molecule has 3 nitrogen and oxygen atoms in total. The number of ether oxygens (including phenoxy) is 1. The fourth-order valence-electron chi connectivity index (χ4n) is 2.19. The predicted octanol–water partition coefficient (Wildman–Crippen LogP) is 4.19. The molecule has 0 fully saturated rings. The van der Waals surface area contributed by atoms with Gasteiger partial charge in [-0.25, -0.2) is 0 Å². The van der Waals surface area contributed by atoms with Crippen LogP contribution in [0.4, 0.5) is 0 Å². The van der Waals surface area contributed by atoms with Crippen molar-refractivity contribution < 1.29 is 9.53 Å². The van der Waals surface area contributed by atoms with Crippen LogP contribution in [0.5, 0.6) is 5.75 Å². The first-order valence-corrected chi connectivity index (χ1v) is 7.85. The van der Waals surface area contributed by atoms with Crippen molar-refractivity contribution in [2.75, 3.05) is 6.54 Å². The van der Waals surface area contributed by atoms with Gasteiger partial charge in [-0.2, -0.15) is 0 Å². The zero-order valence-electron chi connectivity index (χ0n) is 13.0. The van der Waals surface area contributed by atoms with Gasteiger partial charge in [0.2, 0.25) is 0 Å². The van der Waals surface area contributed by atoms with Crippen molar-refractivity contribution in [1.29, 1.82) is 0 Å². The number of benzene rings is 2. The lowest BCUT2D eigenvalue weighted by atomic mass is 10.1. The van der Waals surface area contributed by atoms with Gasteiger partial charge in [0, 0.05) is 6.54 Å². The predicted molar refractivity (Wildman–Crippen MR) is 89.1 cm³/mol. The number of amides is 1. The molecule has 0 heterocycles. The summed E-state index contributed by atoms with van der Waals surface area (Å²) >= 11 is 0. The lowest BCUT2D eigenvalue weighted by molar-refractivity contribution is 0.0948. The molecular formula is C19H23NO2. The quantitative estimate of drug-likeness (QED) is 0.742. The number of unbranched alkanes of at least 4 members (excludes halogenated alkanes) is 2. The van der Waals surface area contributed by atoms with Crippen molar-refractivity contribution in [2.24, 2.45) is 0 Å². The van der Waals surface area contributed by atoms with E-state index in [1.54, 1.807) is 6.07 Å². The van der Waals surface area contributed by atoms with E-state index in [0.717, 1.165) is 24.8 Å². The summed E-state index contributed by atoms with van der Waals surface area (Å²) in [6.07, 6.45) is 3.29. The van der Waals surface area contributed by atoms with Gasteiger partial charge in [-0.3, -0.25) is 4.79 Å². The molecule has 2 rings (SSSR count). The Morgan fingerprint density at radius 2 is 1.73 bits per heavy atom. The molecule has 3 heteroatoms. The van der Waals surface area contributed by atoms with Crippen LogP contribution in [0.2, 0.25) is 0 Å². The van der Waals surface area contributed by atoms with Gasteiger partial charge in [-0.05, 0) is 24.1 Å². The molecule has 0 spiro atoms. The van der Waals surface area contributed by atoms with E-state index >= 15 is 0 Å². The Hall–Kier alpha value is -2.29. The van der Waals surface area contributed by atoms with Crippen LogP contribution in [0, 0.1) is 0 Å². The highest BCUT2D eigenvalue weighted by Gasteiger charge is 2.11. The molecule has 116 valence electrons. The Morgan fingerprint density at radius 1 is 1.00 bits per heavy atom. The van der Waals surface area contributed by atoms with Gasteiger partial charge < -0.3 is 10.1 Å². The third kappa shape index (κ3) is 4.92. The largest absolute Gasteiger partial charge is 0.488 e. The van der Waals surface area contributed by atoms with Crippen molar-refractivity contribution in [1.82, 2.24) is 5.32 Å². The lowest BCUT2D eigenvalue weighted by Crippen LogP contribution is -2.25. The number of nitrogens with one attached hydrogen (secondary N) is 1. The van der Waals surface area contributed by atoms with Gasteiger partial charge in [0.05, 0.1) is 5.56 Å². The van der Waals surface area contributed by atoms with Crippen molar-refractivity contribution in [3.05, 3.63) is 65.7 Å². The normalized spacial score (nSPS) is 10.2. The highest BCUT2D eigenvalue weighted by Crippen LogP contribution is 2.19. The zero-order valence-corrected chi connectivity index (χ0v) is 13.0. The molecule has 0 aliphatic carbocycles. The molecule has 1 amide bonds. The standard InChI is InChI=1S/C19H23NO2/c1-2-3-9-14-20-19(21)17-12-7-8-13-18(17)22-15-16-10-5-4-6-11-16/h4-8,10-13H,2-3,9,14-15H2,1H3,(H,20,21). The van der Waals surface area contributed by atoms with Crippen LogP contribution in [0.15, 0.2) is 54.6 Å². The highest BCUT2D eigenvalue weighted by atomic mass is 16.5. The van der Waals surface area contributed by atoms with E-state index in [-0.39, 0.29) is 5.91 Å². The molecule has 0 aliphatic rings. The molecule has 0 atom stereocenters. The second-order valence-electron chi connectivity index (χ2n) is 5.23. The van der Waals surface area contributed by atoms with Crippen LogP contribution in [-0.2, 0) is 6.61 Å². The first-order chi connectivity index (χ1) is 10.8. The summed E-state index contributed by atoms with van der Waals surface area (Å²) in [7, 11) is 0. The van der Waals surface area contributed by atoms with E-state index in [4.69, 9.17) is 4.74 Å². The van der Waals surface area contributed by atoms with Gasteiger partial charge in [0.15, 0.2) is 0 Å². The summed E-state index contributed by atoms with van der Waals surface area (Å²) in [5.74, 6) is 0.555. The van der Waals surface area contributed by atoms with Gasteiger partial charge in [0.1, 0.15) is 12.4 Å². The van der Waals surface area contributed by atoms with Crippen LogP contribution in [0.1, 0.15) is 42.1 Å². The topological polar surface area (TPSA) is 38.3 Å². The first kappa shape index (κ1) is 16.1. The van der Waals surface area contributed by atoms with Crippen molar-refractivity contribution in [3.63, 3.8) is 0 Å². The molecule has 0 radical (unpaired) electrons. The maximum absolute atomic E-state index is 12.2. The third-order valence-electron chi connectivity index (χ3n) is 3.43. The fraction of sp³-hybridized carbons (Fsp3) is 0.316. The second kappa shape index (κ2) is 8.88. The fourth-order valence-corrected chi connectivity index (χ4v) is 2.19. The smallest absolute Gasteiger partial charge is 0.255 e. The molecule has 2 aromatic carbocycles. The average molecular weight is 297 g/mol. The summed E-state index contributed by atoms with van der Waals surface area (Å²) in [5, 5.41) is 2.95. The van der Waals surface area contributed by atoms with E-state index in [0.29, 0.717) is 24.5 Å². The summed E-state index contributed by atoms with van der Waals surface area (Å²) in [5.41, 5.74) is 1.68. The van der Waals surface area contributed by atoms with Gasteiger partial charge in [-0.1, -0.05) is 62.2 Å². The summed E-state index contributed by atoms with van der Waals surface area (Å²) in [4.78, 5) is 12.2. The Balaban J connectivity index is 1.95. The molecule has 0 aliphatic heterocycles.